The van der Waals surface area contributed by atoms with E-state index < -0.39 is 0 Å². The number of aryl methyl sites for hydroxylation is 1. The summed E-state index contributed by atoms with van der Waals surface area (Å²) in [4.78, 5) is 0. The lowest BCUT2D eigenvalue weighted by molar-refractivity contribution is 0.000160. The minimum absolute atomic E-state index is 0.346. The molecule has 156 valence electrons. The number of phenolic OH excluding ortho intramolecular Hbond substituents is 1. The number of ether oxygens (including phenoxy) is 5. The SMILES string of the molecule is CCCCCCc1cc(OCCOCCOCCOCCOC)ccc1O. The van der Waals surface area contributed by atoms with Crippen molar-refractivity contribution in [3.05, 3.63) is 23.8 Å². The first-order chi connectivity index (χ1) is 13.3. The molecule has 0 unspecified atom stereocenters. The Hall–Kier alpha value is -1.34. The minimum atomic E-state index is 0.346. The number of rotatable bonds is 18. The van der Waals surface area contributed by atoms with Gasteiger partial charge in [0.05, 0.1) is 46.2 Å². The Kier molecular flexibility index (Phi) is 14.8. The molecule has 0 aliphatic heterocycles. The molecule has 27 heavy (non-hydrogen) atoms. The molecule has 0 saturated carbocycles. The fourth-order valence-electron chi connectivity index (χ4n) is 2.50. The van der Waals surface area contributed by atoms with Crippen LogP contribution in [0.3, 0.4) is 0 Å². The van der Waals surface area contributed by atoms with Gasteiger partial charge in [-0.3, -0.25) is 0 Å². The Morgan fingerprint density at radius 1 is 0.778 bits per heavy atom. The molecular weight excluding hydrogens is 348 g/mol. The smallest absolute Gasteiger partial charge is 0.119 e. The Morgan fingerprint density at radius 2 is 1.41 bits per heavy atom. The zero-order valence-electron chi connectivity index (χ0n) is 16.9. The van der Waals surface area contributed by atoms with Gasteiger partial charge in [0.25, 0.3) is 0 Å². The highest BCUT2D eigenvalue weighted by molar-refractivity contribution is 5.39. The number of unbranched alkanes of at least 4 members (excludes halogenated alkanes) is 3. The predicted molar refractivity (Wildman–Crippen MR) is 106 cm³/mol. The molecule has 0 fully saturated rings. The summed E-state index contributed by atoms with van der Waals surface area (Å²) < 4.78 is 26.8. The number of hydrogen-bond acceptors (Lipinski definition) is 6. The molecule has 0 atom stereocenters. The first-order valence-electron chi connectivity index (χ1n) is 9.94. The predicted octanol–water partition coefficient (Wildman–Crippen LogP) is 3.59. The molecule has 0 aliphatic rings. The molecule has 0 amide bonds. The van der Waals surface area contributed by atoms with Gasteiger partial charge in [0.1, 0.15) is 18.1 Å². The van der Waals surface area contributed by atoms with Crippen molar-refractivity contribution in [1.29, 1.82) is 0 Å². The highest BCUT2D eigenvalue weighted by atomic mass is 16.6. The highest BCUT2D eigenvalue weighted by Gasteiger charge is 2.04. The molecule has 0 saturated heterocycles. The summed E-state index contributed by atoms with van der Waals surface area (Å²) in [6, 6.07) is 5.42. The van der Waals surface area contributed by atoms with Crippen LogP contribution in [-0.2, 0) is 25.4 Å². The number of aromatic hydroxyl groups is 1. The molecule has 1 aromatic rings. The van der Waals surface area contributed by atoms with E-state index in [2.05, 4.69) is 6.92 Å². The van der Waals surface area contributed by atoms with E-state index in [9.17, 15) is 5.11 Å². The van der Waals surface area contributed by atoms with E-state index in [4.69, 9.17) is 23.7 Å². The van der Waals surface area contributed by atoms with Gasteiger partial charge < -0.3 is 28.8 Å². The van der Waals surface area contributed by atoms with E-state index in [1.165, 1.54) is 19.3 Å². The fraction of sp³-hybridized carbons (Fsp3) is 0.714. The third kappa shape index (κ3) is 12.6. The van der Waals surface area contributed by atoms with Gasteiger partial charge in [0, 0.05) is 7.11 Å². The van der Waals surface area contributed by atoms with Crippen LogP contribution < -0.4 is 4.74 Å². The van der Waals surface area contributed by atoms with Gasteiger partial charge in [-0.25, -0.2) is 0 Å². The number of hydrogen-bond donors (Lipinski definition) is 1. The average Bonchev–Trinajstić information content (AvgIpc) is 2.68. The van der Waals surface area contributed by atoms with E-state index in [0.717, 1.165) is 24.2 Å². The van der Waals surface area contributed by atoms with Crippen LogP contribution >= 0.6 is 0 Å². The van der Waals surface area contributed by atoms with Gasteiger partial charge >= 0.3 is 0 Å². The number of phenols is 1. The van der Waals surface area contributed by atoms with Gasteiger partial charge in [-0.15, -0.1) is 0 Å². The van der Waals surface area contributed by atoms with Crippen LogP contribution in [-0.4, -0.2) is 65.1 Å². The van der Waals surface area contributed by atoms with Crippen LogP contribution in [0.15, 0.2) is 18.2 Å². The molecule has 1 rings (SSSR count). The van der Waals surface area contributed by atoms with Gasteiger partial charge in [-0.05, 0) is 36.6 Å². The molecule has 6 nitrogen and oxygen atoms in total. The molecule has 0 spiro atoms. The molecule has 0 heterocycles. The quantitative estimate of drug-likeness (QED) is 0.390. The summed E-state index contributed by atoms with van der Waals surface area (Å²) in [6.07, 6.45) is 5.61. The molecular formula is C21H36O6. The van der Waals surface area contributed by atoms with Crippen molar-refractivity contribution in [2.45, 2.75) is 39.0 Å². The Morgan fingerprint density at radius 3 is 2.04 bits per heavy atom. The summed E-state index contributed by atoms with van der Waals surface area (Å²) in [5.41, 5.74) is 0.950. The van der Waals surface area contributed by atoms with Crippen LogP contribution in [0.4, 0.5) is 0 Å². The second kappa shape index (κ2) is 16.8. The molecule has 1 aromatic carbocycles. The zero-order chi connectivity index (χ0) is 19.6. The van der Waals surface area contributed by atoms with Crippen molar-refractivity contribution in [2.75, 3.05) is 60.0 Å². The third-order valence-electron chi connectivity index (χ3n) is 4.02. The Balaban J connectivity index is 2.04. The fourth-order valence-corrected chi connectivity index (χ4v) is 2.50. The lowest BCUT2D eigenvalue weighted by Crippen LogP contribution is -2.13. The summed E-state index contributed by atoms with van der Waals surface area (Å²) in [6.45, 7) is 6.54. The normalized spacial score (nSPS) is 11.0. The molecule has 0 aliphatic carbocycles. The second-order valence-corrected chi connectivity index (χ2v) is 6.28. The third-order valence-corrected chi connectivity index (χ3v) is 4.02. The number of benzene rings is 1. The molecule has 6 heteroatoms. The van der Waals surface area contributed by atoms with E-state index in [1.807, 2.05) is 6.07 Å². The molecule has 0 bridgehead atoms. The first-order valence-corrected chi connectivity index (χ1v) is 9.94. The van der Waals surface area contributed by atoms with Crippen molar-refractivity contribution in [3.8, 4) is 11.5 Å². The van der Waals surface area contributed by atoms with Crippen molar-refractivity contribution in [2.24, 2.45) is 0 Å². The largest absolute Gasteiger partial charge is 0.508 e. The standard InChI is InChI=1S/C21H36O6/c1-3-4-5-6-7-19-18-20(8-9-21(19)22)27-17-16-26-15-14-25-13-12-24-11-10-23-2/h8-9,18,22H,3-7,10-17H2,1-2H3. The Labute approximate surface area is 163 Å². The topological polar surface area (TPSA) is 66.4 Å². The minimum Gasteiger partial charge on any atom is -0.508 e. The van der Waals surface area contributed by atoms with E-state index in [-0.39, 0.29) is 0 Å². The maximum atomic E-state index is 9.96. The van der Waals surface area contributed by atoms with E-state index >= 15 is 0 Å². The van der Waals surface area contributed by atoms with Crippen molar-refractivity contribution in [3.63, 3.8) is 0 Å². The maximum absolute atomic E-state index is 9.96. The molecule has 0 aromatic heterocycles. The lowest BCUT2D eigenvalue weighted by atomic mass is 10.1. The summed E-state index contributed by atoms with van der Waals surface area (Å²) >= 11 is 0. The van der Waals surface area contributed by atoms with Crippen LogP contribution in [0.5, 0.6) is 11.5 Å². The van der Waals surface area contributed by atoms with E-state index in [1.54, 1.807) is 19.2 Å². The van der Waals surface area contributed by atoms with Crippen LogP contribution in [0.1, 0.15) is 38.2 Å². The van der Waals surface area contributed by atoms with Gasteiger partial charge in [0.2, 0.25) is 0 Å². The summed E-state index contributed by atoms with van der Waals surface area (Å²) in [5, 5.41) is 9.96. The van der Waals surface area contributed by atoms with Crippen molar-refractivity contribution >= 4 is 0 Å². The second-order valence-electron chi connectivity index (χ2n) is 6.28. The summed E-state index contributed by atoms with van der Waals surface area (Å²) in [7, 11) is 1.65. The van der Waals surface area contributed by atoms with Crippen LogP contribution in [0.2, 0.25) is 0 Å². The van der Waals surface area contributed by atoms with Gasteiger partial charge in [-0.2, -0.15) is 0 Å². The molecule has 1 N–H and O–H groups in total. The van der Waals surface area contributed by atoms with Crippen molar-refractivity contribution < 1.29 is 28.8 Å². The van der Waals surface area contributed by atoms with Crippen LogP contribution in [0.25, 0.3) is 0 Å². The van der Waals surface area contributed by atoms with Crippen molar-refractivity contribution in [1.82, 2.24) is 0 Å². The highest BCUT2D eigenvalue weighted by Crippen LogP contribution is 2.25. The lowest BCUT2D eigenvalue weighted by Gasteiger charge is -2.10. The monoisotopic (exact) mass is 384 g/mol. The summed E-state index contributed by atoms with van der Waals surface area (Å²) in [5.74, 6) is 1.12. The Bertz CT molecular complexity index is 466. The van der Waals surface area contributed by atoms with E-state index in [0.29, 0.717) is 58.6 Å². The maximum Gasteiger partial charge on any atom is 0.119 e. The van der Waals surface area contributed by atoms with Gasteiger partial charge in [0.15, 0.2) is 0 Å². The first kappa shape index (κ1) is 23.7. The van der Waals surface area contributed by atoms with Crippen LogP contribution in [0, 0.1) is 0 Å². The van der Waals surface area contributed by atoms with Gasteiger partial charge in [-0.1, -0.05) is 26.2 Å². The zero-order valence-corrected chi connectivity index (χ0v) is 16.9. The average molecular weight is 385 g/mol. The molecule has 0 radical (unpaired) electrons. The number of methoxy groups -OCH3 is 1.